The van der Waals surface area contributed by atoms with Gasteiger partial charge in [-0.2, -0.15) is 0 Å². The summed E-state index contributed by atoms with van der Waals surface area (Å²) in [6.07, 6.45) is 1.82. The molecule has 160 valence electrons. The quantitative estimate of drug-likeness (QED) is 0.447. The summed E-state index contributed by atoms with van der Waals surface area (Å²) < 4.78 is 10.3. The van der Waals surface area contributed by atoms with E-state index in [-0.39, 0.29) is 6.10 Å². The minimum Gasteiger partial charge on any atom is -0.459 e. The standard InChI is InChI=1S/C23H28N2O5/c1-4-5-14-24-20-9-7-6-8-19(20)23(28)29-15-21(26)25-18-12-10-17(11-13-18)22(27)30-16(2)3/h6-13,16,24H,4-5,14-15H2,1-3H3,(H,25,26). The van der Waals surface area contributed by atoms with Crippen LogP contribution < -0.4 is 10.6 Å². The summed E-state index contributed by atoms with van der Waals surface area (Å²) >= 11 is 0. The highest BCUT2D eigenvalue weighted by molar-refractivity contribution is 5.98. The zero-order valence-corrected chi connectivity index (χ0v) is 17.6. The van der Waals surface area contributed by atoms with Gasteiger partial charge in [0.25, 0.3) is 5.91 Å². The molecular formula is C23H28N2O5. The van der Waals surface area contributed by atoms with Crippen molar-refractivity contribution in [2.75, 3.05) is 23.8 Å². The van der Waals surface area contributed by atoms with Crippen LogP contribution in [0.4, 0.5) is 11.4 Å². The number of esters is 2. The average molecular weight is 412 g/mol. The number of nitrogens with one attached hydrogen (secondary N) is 2. The van der Waals surface area contributed by atoms with E-state index in [2.05, 4.69) is 17.6 Å². The molecule has 1 amide bonds. The van der Waals surface area contributed by atoms with Crippen molar-refractivity contribution in [3.8, 4) is 0 Å². The summed E-state index contributed by atoms with van der Waals surface area (Å²) in [5, 5.41) is 5.84. The Bertz CT molecular complexity index is 862. The second-order valence-electron chi connectivity index (χ2n) is 6.98. The predicted octanol–water partition coefficient (Wildman–Crippen LogP) is 4.26. The molecule has 0 saturated heterocycles. The van der Waals surface area contributed by atoms with Crippen LogP contribution in [0.1, 0.15) is 54.3 Å². The summed E-state index contributed by atoms with van der Waals surface area (Å²) in [5.41, 5.74) is 1.94. The van der Waals surface area contributed by atoms with Crippen LogP contribution in [0.25, 0.3) is 0 Å². The van der Waals surface area contributed by atoms with Crippen LogP contribution in [-0.4, -0.2) is 37.1 Å². The van der Waals surface area contributed by atoms with Gasteiger partial charge in [-0.25, -0.2) is 9.59 Å². The first-order valence-electron chi connectivity index (χ1n) is 10.0. The Hall–Kier alpha value is -3.35. The Balaban J connectivity index is 1.87. The summed E-state index contributed by atoms with van der Waals surface area (Å²) in [7, 11) is 0. The minimum atomic E-state index is -0.573. The van der Waals surface area contributed by atoms with Crippen molar-refractivity contribution >= 4 is 29.2 Å². The van der Waals surface area contributed by atoms with Gasteiger partial charge in [-0.15, -0.1) is 0 Å². The van der Waals surface area contributed by atoms with Gasteiger partial charge in [-0.3, -0.25) is 4.79 Å². The van der Waals surface area contributed by atoms with Crippen LogP contribution in [0.3, 0.4) is 0 Å². The molecule has 7 heteroatoms. The monoisotopic (exact) mass is 412 g/mol. The molecule has 0 aliphatic heterocycles. The molecule has 0 fully saturated rings. The number of ether oxygens (including phenoxy) is 2. The van der Waals surface area contributed by atoms with Crippen molar-refractivity contribution in [3.63, 3.8) is 0 Å². The number of hydrogen-bond acceptors (Lipinski definition) is 6. The minimum absolute atomic E-state index is 0.210. The number of hydrogen-bond donors (Lipinski definition) is 2. The van der Waals surface area contributed by atoms with Gasteiger partial charge < -0.3 is 20.1 Å². The molecule has 0 unspecified atom stereocenters. The third-order valence-electron chi connectivity index (χ3n) is 4.07. The SMILES string of the molecule is CCCCNc1ccccc1C(=O)OCC(=O)Nc1ccc(C(=O)OC(C)C)cc1. The van der Waals surface area contributed by atoms with Crippen LogP contribution >= 0.6 is 0 Å². The lowest BCUT2D eigenvalue weighted by molar-refractivity contribution is -0.119. The van der Waals surface area contributed by atoms with Gasteiger partial charge in [0.2, 0.25) is 0 Å². The van der Waals surface area contributed by atoms with Crippen molar-refractivity contribution in [2.24, 2.45) is 0 Å². The average Bonchev–Trinajstić information content (AvgIpc) is 2.72. The molecule has 0 aliphatic carbocycles. The van der Waals surface area contributed by atoms with Gasteiger partial charge in [-0.05, 0) is 56.7 Å². The number of carbonyl (C=O) groups excluding carboxylic acids is 3. The lowest BCUT2D eigenvalue weighted by atomic mass is 10.1. The van der Waals surface area contributed by atoms with Gasteiger partial charge in [0.1, 0.15) is 0 Å². The normalized spacial score (nSPS) is 10.4. The maximum atomic E-state index is 12.4. The van der Waals surface area contributed by atoms with Crippen LogP contribution in [0, 0.1) is 0 Å². The number of anilines is 2. The van der Waals surface area contributed by atoms with E-state index in [1.54, 1.807) is 56.3 Å². The Labute approximate surface area is 176 Å². The largest absolute Gasteiger partial charge is 0.459 e. The fourth-order valence-corrected chi connectivity index (χ4v) is 2.59. The second kappa shape index (κ2) is 11.6. The zero-order valence-electron chi connectivity index (χ0n) is 17.6. The third-order valence-corrected chi connectivity index (χ3v) is 4.07. The highest BCUT2D eigenvalue weighted by atomic mass is 16.5. The highest BCUT2D eigenvalue weighted by Gasteiger charge is 2.15. The van der Waals surface area contributed by atoms with Gasteiger partial charge in [-0.1, -0.05) is 25.5 Å². The molecule has 0 aliphatic rings. The van der Waals surface area contributed by atoms with Crippen LogP contribution in [0.2, 0.25) is 0 Å². The van der Waals surface area contributed by atoms with E-state index in [9.17, 15) is 14.4 Å². The molecular weight excluding hydrogens is 384 g/mol. The van der Waals surface area contributed by atoms with Gasteiger partial charge in [0.05, 0.1) is 17.2 Å². The first kappa shape index (κ1) is 22.9. The number of benzene rings is 2. The molecule has 0 spiro atoms. The molecule has 0 atom stereocenters. The summed E-state index contributed by atoms with van der Waals surface area (Å²) in [5.74, 6) is -1.48. The first-order valence-corrected chi connectivity index (χ1v) is 10.0. The molecule has 2 rings (SSSR count). The van der Waals surface area contributed by atoms with E-state index in [4.69, 9.17) is 9.47 Å². The van der Waals surface area contributed by atoms with Gasteiger partial charge in [0.15, 0.2) is 6.61 Å². The molecule has 0 bridgehead atoms. The molecule has 0 saturated carbocycles. The van der Waals surface area contributed by atoms with E-state index >= 15 is 0 Å². The Kier molecular flexibility index (Phi) is 8.87. The van der Waals surface area contributed by atoms with Crippen molar-refractivity contribution in [1.29, 1.82) is 0 Å². The Morgan fingerprint density at radius 1 is 0.967 bits per heavy atom. The number of unbranched alkanes of at least 4 members (excludes halogenated alkanes) is 1. The number of carbonyl (C=O) groups is 3. The predicted molar refractivity (Wildman–Crippen MR) is 116 cm³/mol. The van der Waals surface area contributed by atoms with Gasteiger partial charge >= 0.3 is 11.9 Å². The molecule has 0 heterocycles. The highest BCUT2D eigenvalue weighted by Crippen LogP contribution is 2.17. The summed E-state index contributed by atoms with van der Waals surface area (Å²) in [6.45, 7) is 5.97. The lowest BCUT2D eigenvalue weighted by Gasteiger charge is -2.12. The molecule has 2 aromatic rings. The molecule has 2 aromatic carbocycles. The number of amides is 1. The van der Waals surface area contributed by atoms with E-state index in [0.29, 0.717) is 22.5 Å². The van der Waals surface area contributed by atoms with Crippen molar-refractivity contribution in [1.82, 2.24) is 0 Å². The maximum Gasteiger partial charge on any atom is 0.340 e. The van der Waals surface area contributed by atoms with Crippen molar-refractivity contribution < 1.29 is 23.9 Å². The fourth-order valence-electron chi connectivity index (χ4n) is 2.59. The molecule has 2 N–H and O–H groups in total. The molecule has 30 heavy (non-hydrogen) atoms. The topological polar surface area (TPSA) is 93.7 Å². The lowest BCUT2D eigenvalue weighted by Crippen LogP contribution is -2.21. The van der Waals surface area contributed by atoms with Gasteiger partial charge in [0, 0.05) is 17.9 Å². The smallest absolute Gasteiger partial charge is 0.340 e. The van der Waals surface area contributed by atoms with Crippen LogP contribution in [0.5, 0.6) is 0 Å². The third kappa shape index (κ3) is 7.24. The van der Waals surface area contributed by atoms with E-state index in [0.717, 1.165) is 19.4 Å². The van der Waals surface area contributed by atoms with E-state index < -0.39 is 24.5 Å². The summed E-state index contributed by atoms with van der Waals surface area (Å²) in [4.78, 5) is 36.3. The van der Waals surface area contributed by atoms with Crippen LogP contribution in [-0.2, 0) is 14.3 Å². The van der Waals surface area contributed by atoms with Crippen LogP contribution in [0.15, 0.2) is 48.5 Å². The van der Waals surface area contributed by atoms with Crippen molar-refractivity contribution in [2.45, 2.75) is 39.7 Å². The fraction of sp³-hybridized carbons (Fsp3) is 0.348. The van der Waals surface area contributed by atoms with E-state index in [1.165, 1.54) is 0 Å². The maximum absolute atomic E-state index is 12.4. The Morgan fingerprint density at radius 2 is 1.67 bits per heavy atom. The molecule has 0 radical (unpaired) electrons. The number of rotatable bonds is 10. The summed E-state index contributed by atoms with van der Waals surface area (Å²) in [6, 6.07) is 13.3. The molecule has 7 nitrogen and oxygen atoms in total. The second-order valence-corrected chi connectivity index (χ2v) is 6.98. The zero-order chi connectivity index (χ0) is 21.9. The van der Waals surface area contributed by atoms with E-state index in [1.807, 2.05) is 6.07 Å². The van der Waals surface area contributed by atoms with Crippen molar-refractivity contribution in [3.05, 3.63) is 59.7 Å². The molecule has 0 aromatic heterocycles. The Morgan fingerprint density at radius 3 is 2.33 bits per heavy atom. The number of para-hydroxylation sites is 1. The first-order chi connectivity index (χ1) is 14.4.